The Kier molecular flexibility index (Phi) is 6.62. The summed E-state index contributed by atoms with van der Waals surface area (Å²) >= 11 is 7.65. The van der Waals surface area contributed by atoms with Crippen molar-refractivity contribution in [1.29, 1.82) is 5.26 Å². The summed E-state index contributed by atoms with van der Waals surface area (Å²) in [5.41, 5.74) is 3.70. The number of halogens is 1. The second-order valence-electron chi connectivity index (χ2n) is 7.40. The normalized spacial score (nSPS) is 14.6. The quantitative estimate of drug-likeness (QED) is 0.529. The zero-order valence-electron chi connectivity index (χ0n) is 17.2. The van der Waals surface area contributed by atoms with Crippen molar-refractivity contribution in [2.24, 2.45) is 0 Å². The number of hydrogen-bond acceptors (Lipinski definition) is 5. The van der Waals surface area contributed by atoms with Gasteiger partial charge in [-0.2, -0.15) is 5.26 Å². The van der Waals surface area contributed by atoms with Gasteiger partial charge in [-0.3, -0.25) is 9.69 Å². The van der Waals surface area contributed by atoms with E-state index in [-0.39, 0.29) is 5.91 Å². The van der Waals surface area contributed by atoms with E-state index in [4.69, 9.17) is 11.6 Å². The molecule has 0 saturated carbocycles. The van der Waals surface area contributed by atoms with Crippen LogP contribution < -0.4 is 4.90 Å². The number of hydrogen-bond donors (Lipinski definition) is 0. The number of carbonyl (C=O) groups is 1. The number of carbonyl (C=O) groups excluding carboxylic acids is 1. The molecule has 1 fully saturated rings. The van der Waals surface area contributed by atoms with Crippen LogP contribution in [0.25, 0.3) is 0 Å². The van der Waals surface area contributed by atoms with Gasteiger partial charge in [0.25, 0.3) is 0 Å². The summed E-state index contributed by atoms with van der Waals surface area (Å²) in [6.45, 7) is 3.08. The molecule has 158 valence electrons. The van der Waals surface area contributed by atoms with Crippen LogP contribution in [0.4, 0.5) is 5.69 Å². The predicted octanol–water partition coefficient (Wildman–Crippen LogP) is 4.03. The van der Waals surface area contributed by atoms with E-state index < -0.39 is 0 Å². The molecule has 1 aliphatic rings. The molecule has 8 heteroatoms. The van der Waals surface area contributed by atoms with Gasteiger partial charge in [0.1, 0.15) is 6.07 Å². The molecule has 1 saturated heterocycles. The van der Waals surface area contributed by atoms with Crippen molar-refractivity contribution in [3.63, 3.8) is 0 Å². The van der Waals surface area contributed by atoms with Gasteiger partial charge in [-0.1, -0.05) is 23.7 Å². The van der Waals surface area contributed by atoms with E-state index in [2.05, 4.69) is 26.6 Å². The monoisotopic (exact) mass is 451 g/mol. The summed E-state index contributed by atoms with van der Waals surface area (Å²) in [6, 6.07) is 15.5. The molecule has 0 unspecified atom stereocenters. The van der Waals surface area contributed by atoms with Gasteiger partial charge in [-0.05, 0) is 42.2 Å². The highest BCUT2D eigenvalue weighted by Gasteiger charge is 2.25. The fraction of sp³-hybridized carbons (Fsp3) is 0.261. The van der Waals surface area contributed by atoms with Crippen molar-refractivity contribution >= 4 is 35.0 Å². The lowest BCUT2D eigenvalue weighted by Crippen LogP contribution is -2.50. The van der Waals surface area contributed by atoms with Crippen molar-refractivity contribution < 1.29 is 4.79 Å². The first-order valence-corrected chi connectivity index (χ1v) is 11.5. The maximum Gasteiger partial charge on any atom is 0.241 e. The Bertz CT molecular complexity index is 1140. The Morgan fingerprint density at radius 3 is 2.81 bits per heavy atom. The Labute approximate surface area is 191 Å². The van der Waals surface area contributed by atoms with Gasteiger partial charge in [0, 0.05) is 48.0 Å². The summed E-state index contributed by atoms with van der Waals surface area (Å²) in [5, 5.41) is 9.86. The molecule has 4 rings (SSSR count). The average Bonchev–Trinajstić information content (AvgIpc) is 3.20. The number of nitriles is 1. The fourth-order valence-corrected chi connectivity index (χ4v) is 4.54. The maximum atomic E-state index is 12.7. The van der Waals surface area contributed by atoms with Crippen molar-refractivity contribution in [1.82, 2.24) is 14.5 Å². The second kappa shape index (κ2) is 9.56. The van der Waals surface area contributed by atoms with E-state index >= 15 is 0 Å². The summed E-state index contributed by atoms with van der Waals surface area (Å²) in [6.07, 6.45) is 5.64. The molecule has 0 N–H and O–H groups in total. The Morgan fingerprint density at radius 2 is 2.06 bits per heavy atom. The smallest absolute Gasteiger partial charge is 0.241 e. The summed E-state index contributed by atoms with van der Waals surface area (Å²) in [5.74, 6) is 0.0660. The van der Waals surface area contributed by atoms with Crippen LogP contribution in [-0.4, -0.2) is 46.2 Å². The molecule has 1 aliphatic heterocycles. The Balaban J connectivity index is 1.42. The third-order valence-electron chi connectivity index (χ3n) is 5.34. The van der Waals surface area contributed by atoms with Crippen LogP contribution in [0.2, 0.25) is 5.02 Å². The first kappa shape index (κ1) is 21.4. The molecule has 31 heavy (non-hydrogen) atoms. The minimum Gasteiger partial charge on any atom is -0.329 e. The van der Waals surface area contributed by atoms with Crippen LogP contribution in [0.5, 0.6) is 0 Å². The summed E-state index contributed by atoms with van der Waals surface area (Å²) in [4.78, 5) is 22.0. The number of nitrogens with zero attached hydrogens (tertiary/aromatic N) is 5. The standard InChI is InChI=1S/C23H22ClN5OS/c1-31-22-9-17(5-6-18(22)11-25)13-28-16-26-12-21(28)14-27-7-8-29(23(30)15-27)20-4-2-3-19(24)10-20/h2-6,9-10,12,16H,7-8,13-15H2,1H3. The molecule has 1 amide bonds. The average molecular weight is 452 g/mol. The van der Waals surface area contributed by atoms with Crippen LogP contribution >= 0.6 is 23.4 Å². The van der Waals surface area contributed by atoms with E-state index in [1.165, 1.54) is 0 Å². The number of aromatic nitrogens is 2. The highest BCUT2D eigenvalue weighted by atomic mass is 35.5. The molecular formula is C23H22ClN5OS. The van der Waals surface area contributed by atoms with E-state index in [0.717, 1.165) is 28.4 Å². The van der Waals surface area contributed by atoms with Gasteiger partial charge in [0.15, 0.2) is 0 Å². The molecule has 0 radical (unpaired) electrons. The van der Waals surface area contributed by atoms with Crippen LogP contribution in [0, 0.1) is 11.3 Å². The zero-order valence-corrected chi connectivity index (χ0v) is 18.7. The van der Waals surface area contributed by atoms with Gasteiger partial charge in [0.2, 0.25) is 5.91 Å². The molecule has 0 bridgehead atoms. The Morgan fingerprint density at radius 1 is 1.19 bits per heavy atom. The molecule has 0 spiro atoms. The highest BCUT2D eigenvalue weighted by molar-refractivity contribution is 7.98. The number of piperazine rings is 1. The highest BCUT2D eigenvalue weighted by Crippen LogP contribution is 2.23. The molecule has 0 atom stereocenters. The van der Waals surface area contributed by atoms with Gasteiger partial charge in [-0.25, -0.2) is 4.98 Å². The fourth-order valence-electron chi connectivity index (χ4n) is 3.75. The number of anilines is 1. The van der Waals surface area contributed by atoms with Gasteiger partial charge >= 0.3 is 0 Å². The van der Waals surface area contributed by atoms with Crippen molar-refractivity contribution in [3.05, 3.63) is 76.8 Å². The van der Waals surface area contributed by atoms with Crippen molar-refractivity contribution in [3.8, 4) is 6.07 Å². The summed E-state index contributed by atoms with van der Waals surface area (Å²) < 4.78 is 2.10. The van der Waals surface area contributed by atoms with E-state index in [1.807, 2.05) is 55.2 Å². The van der Waals surface area contributed by atoms with E-state index in [1.54, 1.807) is 16.7 Å². The first-order valence-electron chi connectivity index (χ1n) is 9.91. The SMILES string of the molecule is CSc1cc(Cn2cncc2CN2CCN(c3cccc(Cl)c3)C(=O)C2)ccc1C#N. The third kappa shape index (κ3) is 4.93. The molecule has 2 aromatic carbocycles. The van der Waals surface area contributed by atoms with Crippen LogP contribution in [0.1, 0.15) is 16.8 Å². The number of imidazole rings is 1. The summed E-state index contributed by atoms with van der Waals surface area (Å²) in [7, 11) is 0. The predicted molar refractivity (Wildman–Crippen MR) is 123 cm³/mol. The van der Waals surface area contributed by atoms with Gasteiger partial charge in [-0.15, -0.1) is 11.8 Å². The molecule has 1 aromatic heterocycles. The largest absolute Gasteiger partial charge is 0.329 e. The second-order valence-corrected chi connectivity index (χ2v) is 8.68. The van der Waals surface area contributed by atoms with Gasteiger partial charge < -0.3 is 9.47 Å². The minimum atomic E-state index is 0.0660. The molecule has 3 aromatic rings. The number of rotatable bonds is 6. The number of benzene rings is 2. The van der Waals surface area contributed by atoms with Crippen LogP contribution in [0.15, 0.2) is 59.9 Å². The van der Waals surface area contributed by atoms with E-state index in [9.17, 15) is 10.1 Å². The zero-order chi connectivity index (χ0) is 21.8. The maximum absolute atomic E-state index is 12.7. The third-order valence-corrected chi connectivity index (χ3v) is 6.36. The lowest BCUT2D eigenvalue weighted by atomic mass is 10.1. The van der Waals surface area contributed by atoms with E-state index in [0.29, 0.717) is 36.8 Å². The molecule has 2 heterocycles. The lowest BCUT2D eigenvalue weighted by Gasteiger charge is -2.34. The lowest BCUT2D eigenvalue weighted by molar-refractivity contribution is -0.121. The molecule has 6 nitrogen and oxygen atoms in total. The minimum absolute atomic E-state index is 0.0660. The number of amides is 1. The van der Waals surface area contributed by atoms with Crippen molar-refractivity contribution in [2.45, 2.75) is 18.0 Å². The van der Waals surface area contributed by atoms with Gasteiger partial charge in [0.05, 0.1) is 24.1 Å². The first-order chi connectivity index (χ1) is 15.1. The molecular weight excluding hydrogens is 430 g/mol. The molecule has 0 aliphatic carbocycles. The van der Waals surface area contributed by atoms with Crippen LogP contribution in [0.3, 0.4) is 0 Å². The number of thioether (sulfide) groups is 1. The topological polar surface area (TPSA) is 65.2 Å². The van der Waals surface area contributed by atoms with Crippen molar-refractivity contribution in [2.75, 3.05) is 30.8 Å². The Hall–Kier alpha value is -2.79. The van der Waals surface area contributed by atoms with Crippen LogP contribution in [-0.2, 0) is 17.9 Å².